The van der Waals surface area contributed by atoms with E-state index in [9.17, 15) is 0 Å². The van der Waals surface area contributed by atoms with Gasteiger partial charge in [-0.15, -0.1) is 0 Å². The van der Waals surface area contributed by atoms with Gasteiger partial charge in [0.2, 0.25) is 0 Å². The summed E-state index contributed by atoms with van der Waals surface area (Å²) in [6.07, 6.45) is 18.0. The Labute approximate surface area is 188 Å². The lowest BCUT2D eigenvalue weighted by Gasteiger charge is -2.74. The molecular weight excluding hydrogens is 360 g/mol. The smallest absolute Gasteiger partial charge is 0.0235 e. The van der Waals surface area contributed by atoms with Crippen molar-refractivity contribution < 1.29 is 0 Å². The van der Waals surface area contributed by atoms with E-state index in [1.54, 1.807) is 0 Å². The quantitative estimate of drug-likeness (QED) is 0.372. The van der Waals surface area contributed by atoms with E-state index < -0.39 is 0 Å². The highest BCUT2D eigenvalue weighted by Crippen LogP contribution is 2.78. The maximum atomic E-state index is 2.81. The van der Waals surface area contributed by atoms with E-state index in [0.717, 1.165) is 23.7 Å². The first-order valence-electron chi connectivity index (χ1n) is 13.8. The predicted molar refractivity (Wildman–Crippen MR) is 129 cm³/mol. The van der Waals surface area contributed by atoms with Gasteiger partial charge >= 0.3 is 0 Å². The molecule has 172 valence electrons. The summed E-state index contributed by atoms with van der Waals surface area (Å²) in [6, 6.07) is 0. The largest absolute Gasteiger partial charge is 0.0596 e. The Kier molecular flexibility index (Phi) is 4.59. The molecule has 0 nitrogen and oxygen atoms in total. The average molecular weight is 413 g/mol. The highest BCUT2D eigenvalue weighted by atomic mass is 14.7. The van der Waals surface area contributed by atoms with Gasteiger partial charge in [0.15, 0.2) is 0 Å². The Morgan fingerprint density at radius 2 is 0.767 bits per heavy atom. The molecule has 0 radical (unpaired) electrons. The van der Waals surface area contributed by atoms with Gasteiger partial charge < -0.3 is 0 Å². The van der Waals surface area contributed by atoms with Crippen LogP contribution in [0.15, 0.2) is 0 Å². The van der Waals surface area contributed by atoms with Gasteiger partial charge in [0, 0.05) is 0 Å². The molecule has 0 N–H and O–H groups in total. The Bertz CT molecular complexity index is 641. The van der Waals surface area contributed by atoms with Crippen molar-refractivity contribution in [1.82, 2.24) is 0 Å². The lowest BCUT2D eigenvalue weighted by Crippen LogP contribution is -2.67. The Hall–Kier alpha value is 0. The molecule has 0 aromatic rings. The van der Waals surface area contributed by atoms with Gasteiger partial charge in [0.25, 0.3) is 0 Å². The molecule has 0 amide bonds. The van der Waals surface area contributed by atoms with Crippen molar-refractivity contribution in [2.45, 2.75) is 132 Å². The van der Waals surface area contributed by atoms with Crippen LogP contribution in [0.5, 0.6) is 0 Å². The highest BCUT2D eigenvalue weighted by molar-refractivity contribution is 5.18. The molecule has 0 bridgehead atoms. The summed E-state index contributed by atoms with van der Waals surface area (Å²) in [5.41, 5.74) is 3.42. The van der Waals surface area contributed by atoms with E-state index >= 15 is 0 Å². The van der Waals surface area contributed by atoms with Crippen LogP contribution in [0.4, 0.5) is 0 Å². The van der Waals surface area contributed by atoms with Crippen molar-refractivity contribution >= 4 is 0 Å². The van der Waals surface area contributed by atoms with Crippen LogP contribution in [0.1, 0.15) is 132 Å². The van der Waals surface area contributed by atoms with Gasteiger partial charge in [-0.05, 0) is 120 Å². The fourth-order valence-corrected chi connectivity index (χ4v) is 12.3. The van der Waals surface area contributed by atoms with Crippen molar-refractivity contribution in [3.05, 3.63) is 0 Å². The fraction of sp³-hybridized carbons (Fsp3) is 1.00. The molecule has 0 spiro atoms. The van der Waals surface area contributed by atoms with Crippen molar-refractivity contribution in [2.75, 3.05) is 0 Å². The molecule has 5 aliphatic carbocycles. The van der Waals surface area contributed by atoms with E-state index in [2.05, 4.69) is 55.4 Å². The van der Waals surface area contributed by atoms with Crippen molar-refractivity contribution in [2.24, 2.45) is 56.2 Å². The summed E-state index contributed by atoms with van der Waals surface area (Å²) < 4.78 is 0. The molecule has 5 fully saturated rings. The van der Waals surface area contributed by atoms with Crippen LogP contribution in [0.2, 0.25) is 0 Å². The highest BCUT2D eigenvalue weighted by Gasteiger charge is 2.70. The van der Waals surface area contributed by atoms with Gasteiger partial charge in [-0.1, -0.05) is 68.2 Å². The molecule has 5 rings (SSSR count). The van der Waals surface area contributed by atoms with Gasteiger partial charge in [0.1, 0.15) is 0 Å². The first-order chi connectivity index (χ1) is 13.8. The molecule has 0 saturated heterocycles. The van der Waals surface area contributed by atoms with Gasteiger partial charge in [-0.25, -0.2) is 0 Å². The molecule has 0 heterocycles. The number of fused-ring (bicyclic) bond motifs is 7. The maximum Gasteiger partial charge on any atom is -0.0235 e. The zero-order chi connectivity index (χ0) is 21.8. The summed E-state index contributed by atoms with van der Waals surface area (Å²) >= 11 is 0. The third-order valence-corrected chi connectivity index (χ3v) is 13.6. The summed E-state index contributed by atoms with van der Waals surface area (Å²) in [5, 5.41) is 0. The third-order valence-electron chi connectivity index (χ3n) is 13.6. The monoisotopic (exact) mass is 412 g/mol. The van der Waals surface area contributed by atoms with Crippen LogP contribution in [0, 0.1) is 56.2 Å². The molecule has 8 atom stereocenters. The summed E-state index contributed by atoms with van der Waals surface area (Å²) in [7, 11) is 0. The van der Waals surface area contributed by atoms with Gasteiger partial charge in [-0.3, -0.25) is 0 Å². The molecule has 30 heavy (non-hydrogen) atoms. The summed E-state index contributed by atoms with van der Waals surface area (Å²) in [5.74, 6) is 3.83. The minimum absolute atomic E-state index is 0.559. The second-order valence-electron chi connectivity index (χ2n) is 15.4. The molecule has 5 aliphatic rings. The molecular formula is C30H52. The molecule has 8 unspecified atom stereocenters. The van der Waals surface area contributed by atoms with Crippen LogP contribution >= 0.6 is 0 Å². The van der Waals surface area contributed by atoms with Crippen LogP contribution in [0.25, 0.3) is 0 Å². The zero-order valence-corrected chi connectivity index (χ0v) is 21.8. The summed E-state index contributed by atoms with van der Waals surface area (Å²) in [4.78, 5) is 0. The van der Waals surface area contributed by atoms with E-state index in [0.29, 0.717) is 32.5 Å². The molecule has 5 saturated carbocycles. The molecule has 0 aromatic carbocycles. The van der Waals surface area contributed by atoms with Crippen molar-refractivity contribution in [1.29, 1.82) is 0 Å². The van der Waals surface area contributed by atoms with Crippen molar-refractivity contribution in [3.8, 4) is 0 Å². The van der Waals surface area contributed by atoms with E-state index in [1.807, 2.05) is 0 Å². The maximum absolute atomic E-state index is 2.81. The van der Waals surface area contributed by atoms with E-state index in [-0.39, 0.29) is 0 Å². The minimum Gasteiger partial charge on any atom is -0.0596 e. The zero-order valence-electron chi connectivity index (χ0n) is 21.8. The Balaban J connectivity index is 1.55. The lowest BCUT2D eigenvalue weighted by molar-refractivity contribution is -0.256. The standard InChI is InChI=1S/C30H52/c1-25(2)15-9-17-27(5)21(25)13-19-29(7)23(27)11-12-24-28(6)18-10-16-26(3,4)22(28)14-20-30(24,29)8/h21-24H,9-20H2,1-8H3. The number of rotatable bonds is 0. The predicted octanol–water partition coefficient (Wildman–Crippen LogP) is 9.28. The van der Waals surface area contributed by atoms with Crippen LogP contribution in [0.3, 0.4) is 0 Å². The van der Waals surface area contributed by atoms with Crippen LogP contribution in [-0.2, 0) is 0 Å². The van der Waals surface area contributed by atoms with Crippen LogP contribution < -0.4 is 0 Å². The van der Waals surface area contributed by atoms with Gasteiger partial charge in [-0.2, -0.15) is 0 Å². The molecule has 0 aliphatic heterocycles. The minimum atomic E-state index is 0.559. The lowest BCUT2D eigenvalue weighted by atomic mass is 9.30. The SMILES string of the molecule is CC1(C)CCCC2(C)C1CCC1(C)C2CCC2C3(C)CCCC(C)(C)C3CCC21C. The van der Waals surface area contributed by atoms with Gasteiger partial charge in [0.05, 0.1) is 0 Å². The molecule has 0 heteroatoms. The number of hydrogen-bond acceptors (Lipinski definition) is 0. The fourth-order valence-electron chi connectivity index (χ4n) is 12.3. The second kappa shape index (κ2) is 6.32. The normalized spacial score (nSPS) is 56.8. The first-order valence-corrected chi connectivity index (χ1v) is 13.8. The van der Waals surface area contributed by atoms with Crippen molar-refractivity contribution in [3.63, 3.8) is 0 Å². The topological polar surface area (TPSA) is 0 Å². The Morgan fingerprint density at radius 1 is 0.400 bits per heavy atom. The number of hydrogen-bond donors (Lipinski definition) is 0. The molecule has 0 aromatic heterocycles. The second-order valence-corrected chi connectivity index (χ2v) is 15.4. The van der Waals surface area contributed by atoms with Crippen LogP contribution in [-0.4, -0.2) is 0 Å². The average Bonchev–Trinajstić information content (AvgIpc) is 2.61. The first kappa shape index (κ1) is 21.8. The van der Waals surface area contributed by atoms with E-state index in [4.69, 9.17) is 0 Å². The van der Waals surface area contributed by atoms with E-state index in [1.165, 1.54) is 77.0 Å². The summed E-state index contributed by atoms with van der Waals surface area (Å²) in [6.45, 7) is 21.6. The third kappa shape index (κ3) is 2.52. The Morgan fingerprint density at radius 3 is 1.13 bits per heavy atom.